The normalized spacial score (nSPS) is 21.7. The van der Waals surface area contributed by atoms with Gasteiger partial charge in [-0.25, -0.2) is 4.98 Å². The van der Waals surface area contributed by atoms with Crippen LogP contribution in [0.15, 0.2) is 18.3 Å². The van der Waals surface area contributed by atoms with Crippen molar-refractivity contribution in [2.75, 3.05) is 44.9 Å². The molecule has 1 N–H and O–H groups in total. The molecule has 6 heteroatoms. The zero-order chi connectivity index (χ0) is 16.0. The summed E-state index contributed by atoms with van der Waals surface area (Å²) in [6.07, 6.45) is 2.58. The average molecular weight is 307 g/mol. The number of amides is 1. The van der Waals surface area contributed by atoms with Crippen molar-refractivity contribution < 1.29 is 14.3 Å². The van der Waals surface area contributed by atoms with Crippen LogP contribution in [0.2, 0.25) is 0 Å². The van der Waals surface area contributed by atoms with Gasteiger partial charge in [-0.05, 0) is 25.5 Å². The molecule has 1 saturated heterocycles. The molecule has 2 rings (SSSR count). The van der Waals surface area contributed by atoms with Gasteiger partial charge in [-0.1, -0.05) is 6.92 Å². The highest BCUT2D eigenvalue weighted by molar-refractivity contribution is 5.94. The van der Waals surface area contributed by atoms with Crippen molar-refractivity contribution in [3.05, 3.63) is 23.9 Å². The standard InChI is InChI=1S/C16H25N3O3/c1-4-16(2)12-19(8-10-22-16)14-6-5-13(11-18-14)15(20)17-7-9-21-3/h5-6,11H,4,7-10,12H2,1-3H3,(H,17,20). The molecule has 1 amide bonds. The van der Waals surface area contributed by atoms with Gasteiger partial charge < -0.3 is 19.7 Å². The highest BCUT2D eigenvalue weighted by atomic mass is 16.5. The van der Waals surface area contributed by atoms with Crippen molar-refractivity contribution in [1.82, 2.24) is 10.3 Å². The van der Waals surface area contributed by atoms with Crippen LogP contribution >= 0.6 is 0 Å². The number of pyridine rings is 1. The van der Waals surface area contributed by atoms with Crippen molar-refractivity contribution in [1.29, 1.82) is 0 Å². The molecular formula is C16H25N3O3. The van der Waals surface area contributed by atoms with E-state index in [1.807, 2.05) is 12.1 Å². The lowest BCUT2D eigenvalue weighted by atomic mass is 10.0. The molecule has 1 aliphatic rings. The topological polar surface area (TPSA) is 63.7 Å². The molecule has 0 saturated carbocycles. The van der Waals surface area contributed by atoms with E-state index < -0.39 is 0 Å². The van der Waals surface area contributed by atoms with Gasteiger partial charge in [0.25, 0.3) is 5.91 Å². The molecule has 0 radical (unpaired) electrons. The second-order valence-corrected chi connectivity index (χ2v) is 5.73. The number of nitrogens with zero attached hydrogens (tertiary/aromatic N) is 2. The molecule has 22 heavy (non-hydrogen) atoms. The molecule has 1 unspecified atom stereocenters. The number of aromatic nitrogens is 1. The van der Waals surface area contributed by atoms with Crippen molar-refractivity contribution in [2.24, 2.45) is 0 Å². The Balaban J connectivity index is 1.98. The Kier molecular flexibility index (Phi) is 5.74. The number of carbonyl (C=O) groups excluding carboxylic acids is 1. The van der Waals surface area contributed by atoms with Crippen molar-refractivity contribution in [2.45, 2.75) is 25.9 Å². The summed E-state index contributed by atoms with van der Waals surface area (Å²) in [6, 6.07) is 3.70. The molecule has 1 fully saturated rings. The van der Waals surface area contributed by atoms with E-state index in [9.17, 15) is 4.79 Å². The van der Waals surface area contributed by atoms with Gasteiger partial charge in [0.1, 0.15) is 5.82 Å². The minimum absolute atomic E-state index is 0.128. The Morgan fingerprint density at radius 2 is 2.36 bits per heavy atom. The molecule has 0 aromatic carbocycles. The highest BCUT2D eigenvalue weighted by Gasteiger charge is 2.30. The first kappa shape index (κ1) is 16.7. The van der Waals surface area contributed by atoms with E-state index in [1.54, 1.807) is 13.3 Å². The smallest absolute Gasteiger partial charge is 0.252 e. The Morgan fingerprint density at radius 1 is 1.55 bits per heavy atom. The molecule has 122 valence electrons. The fraction of sp³-hybridized carbons (Fsp3) is 0.625. The molecule has 0 aliphatic carbocycles. The maximum atomic E-state index is 11.9. The van der Waals surface area contributed by atoms with Gasteiger partial charge in [0, 0.05) is 32.9 Å². The first-order chi connectivity index (χ1) is 10.6. The van der Waals surface area contributed by atoms with Crippen LogP contribution in [0.5, 0.6) is 0 Å². The van der Waals surface area contributed by atoms with Crippen molar-refractivity contribution >= 4 is 11.7 Å². The number of hydrogen-bond acceptors (Lipinski definition) is 5. The molecular weight excluding hydrogens is 282 g/mol. The number of ether oxygens (including phenoxy) is 2. The van der Waals surface area contributed by atoms with E-state index in [2.05, 4.69) is 29.0 Å². The molecule has 0 spiro atoms. The number of anilines is 1. The fourth-order valence-corrected chi connectivity index (χ4v) is 2.42. The van der Waals surface area contributed by atoms with E-state index >= 15 is 0 Å². The van der Waals surface area contributed by atoms with Gasteiger partial charge in [0.15, 0.2) is 0 Å². The zero-order valence-electron chi connectivity index (χ0n) is 13.6. The molecule has 1 aromatic rings. The first-order valence-electron chi connectivity index (χ1n) is 7.70. The van der Waals surface area contributed by atoms with Crippen LogP contribution < -0.4 is 10.2 Å². The average Bonchev–Trinajstić information content (AvgIpc) is 2.55. The van der Waals surface area contributed by atoms with Crippen LogP contribution in [0.3, 0.4) is 0 Å². The fourth-order valence-electron chi connectivity index (χ4n) is 2.42. The largest absolute Gasteiger partial charge is 0.383 e. The van der Waals surface area contributed by atoms with Crippen LogP contribution in [-0.4, -0.2) is 56.5 Å². The summed E-state index contributed by atoms with van der Waals surface area (Å²) < 4.78 is 10.7. The second kappa shape index (κ2) is 7.56. The van der Waals surface area contributed by atoms with Gasteiger partial charge >= 0.3 is 0 Å². The lowest BCUT2D eigenvalue weighted by molar-refractivity contribution is -0.0443. The number of morpholine rings is 1. The number of rotatable bonds is 6. The molecule has 6 nitrogen and oxygen atoms in total. The monoisotopic (exact) mass is 307 g/mol. The Morgan fingerprint density at radius 3 is 3.00 bits per heavy atom. The summed E-state index contributed by atoms with van der Waals surface area (Å²) in [7, 11) is 1.61. The van der Waals surface area contributed by atoms with E-state index in [4.69, 9.17) is 9.47 Å². The quantitative estimate of drug-likeness (QED) is 0.806. The minimum atomic E-state index is -0.129. The number of carbonyl (C=O) groups is 1. The van der Waals surface area contributed by atoms with E-state index in [-0.39, 0.29) is 11.5 Å². The minimum Gasteiger partial charge on any atom is -0.383 e. The summed E-state index contributed by atoms with van der Waals surface area (Å²) in [4.78, 5) is 18.6. The van der Waals surface area contributed by atoms with Crippen LogP contribution in [0.25, 0.3) is 0 Å². The van der Waals surface area contributed by atoms with Crippen molar-refractivity contribution in [3.8, 4) is 0 Å². The summed E-state index contributed by atoms with van der Waals surface area (Å²) in [5.41, 5.74) is 0.433. The number of hydrogen-bond donors (Lipinski definition) is 1. The van der Waals surface area contributed by atoms with Crippen molar-refractivity contribution in [3.63, 3.8) is 0 Å². The maximum Gasteiger partial charge on any atom is 0.252 e. The van der Waals surface area contributed by atoms with Crippen LogP contribution in [0.1, 0.15) is 30.6 Å². The Labute approximate surface area is 131 Å². The maximum absolute atomic E-state index is 11.9. The molecule has 2 heterocycles. The number of methoxy groups -OCH3 is 1. The second-order valence-electron chi connectivity index (χ2n) is 5.73. The molecule has 1 atom stereocenters. The molecule has 0 bridgehead atoms. The first-order valence-corrected chi connectivity index (χ1v) is 7.70. The lowest BCUT2D eigenvalue weighted by Gasteiger charge is -2.40. The third kappa shape index (κ3) is 4.18. The summed E-state index contributed by atoms with van der Waals surface area (Å²) in [5.74, 6) is 0.757. The van der Waals surface area contributed by atoms with Gasteiger partial charge in [0.05, 0.1) is 24.4 Å². The summed E-state index contributed by atoms with van der Waals surface area (Å²) in [6.45, 7) is 7.58. The third-order valence-electron chi connectivity index (χ3n) is 4.01. The van der Waals surface area contributed by atoms with Crippen LogP contribution in [-0.2, 0) is 9.47 Å². The summed E-state index contributed by atoms with van der Waals surface area (Å²) in [5, 5.41) is 2.78. The molecule has 1 aromatic heterocycles. The Hall–Kier alpha value is -1.66. The highest BCUT2D eigenvalue weighted by Crippen LogP contribution is 2.24. The van der Waals surface area contributed by atoms with Gasteiger partial charge in [0.2, 0.25) is 0 Å². The molecule has 1 aliphatic heterocycles. The van der Waals surface area contributed by atoms with Gasteiger partial charge in [-0.15, -0.1) is 0 Å². The SMILES string of the molecule is CCC1(C)CN(c2ccc(C(=O)NCCOC)cn2)CCO1. The van der Waals surface area contributed by atoms with Crippen LogP contribution in [0, 0.1) is 0 Å². The Bertz CT molecular complexity index is 492. The number of nitrogens with one attached hydrogen (secondary N) is 1. The predicted octanol–water partition coefficient (Wildman–Crippen LogP) is 1.46. The van der Waals surface area contributed by atoms with E-state index in [0.717, 1.165) is 25.3 Å². The zero-order valence-corrected chi connectivity index (χ0v) is 13.6. The van der Waals surface area contributed by atoms with Gasteiger partial charge in [-0.3, -0.25) is 4.79 Å². The van der Waals surface area contributed by atoms with Gasteiger partial charge in [-0.2, -0.15) is 0 Å². The summed E-state index contributed by atoms with van der Waals surface area (Å²) >= 11 is 0. The van der Waals surface area contributed by atoms with E-state index in [1.165, 1.54) is 0 Å². The third-order valence-corrected chi connectivity index (χ3v) is 4.01. The lowest BCUT2D eigenvalue weighted by Crippen LogP contribution is -2.50. The van der Waals surface area contributed by atoms with E-state index in [0.29, 0.717) is 25.3 Å². The predicted molar refractivity (Wildman–Crippen MR) is 85.3 cm³/mol. The van der Waals surface area contributed by atoms with Crippen LogP contribution in [0.4, 0.5) is 5.82 Å².